The van der Waals surface area contributed by atoms with Gasteiger partial charge in [0.1, 0.15) is 11.5 Å². The van der Waals surface area contributed by atoms with Crippen molar-refractivity contribution in [3.63, 3.8) is 0 Å². The van der Waals surface area contributed by atoms with E-state index in [1.807, 2.05) is 13.8 Å². The first-order valence-electron chi connectivity index (χ1n) is 8.54. The molecule has 0 aromatic carbocycles. The van der Waals surface area contributed by atoms with Gasteiger partial charge in [0.2, 0.25) is 11.8 Å². The van der Waals surface area contributed by atoms with Crippen LogP contribution >= 0.6 is 0 Å². The zero-order chi connectivity index (χ0) is 18.1. The van der Waals surface area contributed by atoms with E-state index in [2.05, 4.69) is 15.2 Å². The number of carbonyl (C=O) groups excluding carboxylic acids is 3. The molecule has 0 radical (unpaired) electrons. The monoisotopic (exact) mass is 348 g/mol. The number of carbonyl (C=O) groups is 3. The molecule has 3 heterocycles. The molecule has 1 fully saturated rings. The normalized spacial score (nSPS) is 21.2. The molecule has 3 amide bonds. The number of nitrogens with two attached hydrogens (primary N) is 1. The molecule has 136 valence electrons. The first-order chi connectivity index (χ1) is 11.9. The molecule has 0 saturated carbocycles. The smallest absolute Gasteiger partial charge is 0.266 e. The van der Waals surface area contributed by atoms with Crippen molar-refractivity contribution in [2.45, 2.75) is 45.4 Å². The van der Waals surface area contributed by atoms with Gasteiger partial charge < -0.3 is 20.5 Å². The average molecular weight is 348 g/mol. The predicted molar refractivity (Wildman–Crippen MR) is 89.4 cm³/mol. The molecule has 9 heteroatoms. The predicted octanol–water partition coefficient (Wildman–Crippen LogP) is -1.08. The number of primary amides is 1. The van der Waals surface area contributed by atoms with E-state index in [1.165, 1.54) is 6.20 Å². The number of nitrogens with zero attached hydrogens (tertiary/aromatic N) is 4. The van der Waals surface area contributed by atoms with Gasteiger partial charge in [-0.3, -0.25) is 19.3 Å². The van der Waals surface area contributed by atoms with Crippen molar-refractivity contribution < 1.29 is 14.4 Å². The number of hydrogen-bond donors (Lipinski definition) is 2. The van der Waals surface area contributed by atoms with E-state index in [4.69, 9.17) is 5.73 Å². The summed E-state index contributed by atoms with van der Waals surface area (Å²) in [4.78, 5) is 44.3. The van der Waals surface area contributed by atoms with Crippen molar-refractivity contribution >= 4 is 17.7 Å². The number of amides is 3. The van der Waals surface area contributed by atoms with E-state index in [1.54, 1.807) is 9.47 Å². The van der Waals surface area contributed by atoms with Crippen molar-refractivity contribution in [3.8, 4) is 0 Å². The van der Waals surface area contributed by atoms with Crippen molar-refractivity contribution in [3.05, 3.63) is 17.7 Å². The summed E-state index contributed by atoms with van der Waals surface area (Å²) < 4.78 is 1.75. The van der Waals surface area contributed by atoms with Gasteiger partial charge in [-0.05, 0) is 13.8 Å². The molecule has 2 aliphatic rings. The van der Waals surface area contributed by atoms with Crippen LogP contribution in [-0.2, 0) is 22.7 Å². The van der Waals surface area contributed by atoms with Crippen LogP contribution in [0.5, 0.6) is 0 Å². The maximum Gasteiger partial charge on any atom is 0.266 e. The highest BCUT2D eigenvalue weighted by Gasteiger charge is 2.35. The molecule has 1 aromatic rings. The molecule has 1 atom stereocenters. The Balaban J connectivity index is 1.69. The van der Waals surface area contributed by atoms with E-state index in [0.29, 0.717) is 37.7 Å². The number of rotatable bonds is 4. The minimum Gasteiger partial charge on any atom is -0.364 e. The Hall–Kier alpha value is -2.42. The quantitative estimate of drug-likeness (QED) is 0.719. The maximum absolute atomic E-state index is 12.7. The minimum absolute atomic E-state index is 0.0809. The van der Waals surface area contributed by atoms with E-state index in [0.717, 1.165) is 6.54 Å². The topological polar surface area (TPSA) is 114 Å². The van der Waals surface area contributed by atoms with Gasteiger partial charge in [0.15, 0.2) is 0 Å². The van der Waals surface area contributed by atoms with Crippen LogP contribution in [0.15, 0.2) is 6.20 Å². The van der Waals surface area contributed by atoms with E-state index < -0.39 is 11.9 Å². The van der Waals surface area contributed by atoms with Crippen molar-refractivity contribution in [2.24, 2.45) is 5.73 Å². The second-order valence-corrected chi connectivity index (χ2v) is 6.73. The Morgan fingerprint density at radius 2 is 2.12 bits per heavy atom. The SMILES string of the molecule is CC(C)N1CCNC(=O)C1CC(=O)N1CCn2c(C(N)=O)cnc2C1. The summed E-state index contributed by atoms with van der Waals surface area (Å²) in [6, 6.07) is -0.244. The number of aromatic nitrogens is 2. The summed E-state index contributed by atoms with van der Waals surface area (Å²) in [6.07, 6.45) is 1.59. The van der Waals surface area contributed by atoms with Crippen LogP contribution in [0.4, 0.5) is 0 Å². The number of hydrogen-bond acceptors (Lipinski definition) is 5. The van der Waals surface area contributed by atoms with Crippen LogP contribution < -0.4 is 11.1 Å². The molecule has 3 rings (SSSR count). The van der Waals surface area contributed by atoms with Gasteiger partial charge in [-0.25, -0.2) is 4.98 Å². The summed E-state index contributed by atoms with van der Waals surface area (Å²) in [5.41, 5.74) is 5.69. The standard InChI is InChI=1S/C16H24N6O3/c1-10(2)21-4-3-18-16(25)11(21)7-14(23)20-5-6-22-12(15(17)24)8-19-13(22)9-20/h8,10-11H,3-7,9H2,1-2H3,(H2,17,24)(H,18,25). The molecule has 1 aromatic heterocycles. The molecule has 9 nitrogen and oxygen atoms in total. The molecule has 25 heavy (non-hydrogen) atoms. The van der Waals surface area contributed by atoms with Gasteiger partial charge in [-0.2, -0.15) is 0 Å². The third-order valence-corrected chi connectivity index (χ3v) is 4.87. The van der Waals surface area contributed by atoms with Gasteiger partial charge in [-0.1, -0.05) is 0 Å². The van der Waals surface area contributed by atoms with Crippen molar-refractivity contribution in [1.82, 2.24) is 24.7 Å². The van der Waals surface area contributed by atoms with Crippen LogP contribution in [0.1, 0.15) is 36.6 Å². The summed E-state index contributed by atoms with van der Waals surface area (Å²) in [6.45, 7) is 6.68. The van der Waals surface area contributed by atoms with Gasteiger partial charge in [-0.15, -0.1) is 0 Å². The highest BCUT2D eigenvalue weighted by molar-refractivity contribution is 5.91. The fraction of sp³-hybridized carbons (Fsp3) is 0.625. The van der Waals surface area contributed by atoms with Gasteiger partial charge >= 0.3 is 0 Å². The van der Waals surface area contributed by atoms with Crippen LogP contribution in [0.3, 0.4) is 0 Å². The highest BCUT2D eigenvalue weighted by atomic mass is 16.2. The molecule has 1 unspecified atom stereocenters. The molecule has 0 bridgehead atoms. The first kappa shape index (κ1) is 17.4. The lowest BCUT2D eigenvalue weighted by atomic mass is 10.1. The average Bonchev–Trinajstić information content (AvgIpc) is 2.99. The lowest BCUT2D eigenvalue weighted by Crippen LogP contribution is -2.58. The maximum atomic E-state index is 12.7. The fourth-order valence-electron chi connectivity index (χ4n) is 3.52. The van der Waals surface area contributed by atoms with Gasteiger partial charge in [0.25, 0.3) is 5.91 Å². The highest BCUT2D eigenvalue weighted by Crippen LogP contribution is 2.18. The molecule has 0 aliphatic carbocycles. The Kier molecular flexibility index (Phi) is 4.76. The Bertz CT molecular complexity index is 698. The second kappa shape index (κ2) is 6.83. The third kappa shape index (κ3) is 3.37. The lowest BCUT2D eigenvalue weighted by Gasteiger charge is -2.38. The summed E-state index contributed by atoms with van der Waals surface area (Å²) in [5.74, 6) is -0.0578. The number of fused-ring (bicyclic) bond motifs is 1. The molecular weight excluding hydrogens is 324 g/mol. The van der Waals surface area contributed by atoms with Gasteiger partial charge in [0.05, 0.1) is 25.2 Å². The lowest BCUT2D eigenvalue weighted by molar-refractivity contribution is -0.140. The van der Waals surface area contributed by atoms with E-state index in [-0.39, 0.29) is 24.3 Å². The Morgan fingerprint density at radius 3 is 2.80 bits per heavy atom. The van der Waals surface area contributed by atoms with Crippen LogP contribution in [0, 0.1) is 0 Å². The molecule has 0 spiro atoms. The molecule has 1 saturated heterocycles. The van der Waals surface area contributed by atoms with Gasteiger partial charge in [0, 0.05) is 32.2 Å². The Morgan fingerprint density at radius 1 is 1.36 bits per heavy atom. The third-order valence-electron chi connectivity index (χ3n) is 4.87. The second-order valence-electron chi connectivity index (χ2n) is 6.73. The summed E-state index contributed by atoms with van der Waals surface area (Å²) >= 11 is 0. The summed E-state index contributed by atoms with van der Waals surface area (Å²) in [5, 5.41) is 2.84. The zero-order valence-electron chi connectivity index (χ0n) is 14.6. The van der Waals surface area contributed by atoms with Crippen molar-refractivity contribution in [1.29, 1.82) is 0 Å². The van der Waals surface area contributed by atoms with Crippen molar-refractivity contribution in [2.75, 3.05) is 19.6 Å². The fourth-order valence-corrected chi connectivity index (χ4v) is 3.52. The van der Waals surface area contributed by atoms with Crippen LogP contribution in [0.25, 0.3) is 0 Å². The molecule has 2 aliphatic heterocycles. The number of nitrogens with one attached hydrogen (secondary N) is 1. The number of piperazine rings is 1. The van der Waals surface area contributed by atoms with Crippen LogP contribution in [-0.4, -0.2) is 68.8 Å². The molecule has 3 N–H and O–H groups in total. The summed E-state index contributed by atoms with van der Waals surface area (Å²) in [7, 11) is 0. The van der Waals surface area contributed by atoms with E-state index in [9.17, 15) is 14.4 Å². The van der Waals surface area contributed by atoms with Crippen LogP contribution in [0.2, 0.25) is 0 Å². The first-order valence-corrected chi connectivity index (χ1v) is 8.54. The minimum atomic E-state index is -0.523. The zero-order valence-corrected chi connectivity index (χ0v) is 14.6. The number of imidazole rings is 1. The largest absolute Gasteiger partial charge is 0.364 e. The van der Waals surface area contributed by atoms with E-state index >= 15 is 0 Å². The molecular formula is C16H24N6O3. The Labute approximate surface area is 146 Å².